The fourth-order valence-corrected chi connectivity index (χ4v) is 2.88. The minimum atomic E-state index is 0.105. The molecule has 0 radical (unpaired) electrons. The predicted molar refractivity (Wildman–Crippen MR) is 82.8 cm³/mol. The molecule has 1 aromatic heterocycles. The zero-order valence-corrected chi connectivity index (χ0v) is 13.2. The smallest absolute Gasteiger partial charge is 0.162 e. The van der Waals surface area contributed by atoms with E-state index in [0.717, 1.165) is 27.9 Å². The van der Waals surface area contributed by atoms with Gasteiger partial charge in [-0.25, -0.2) is 0 Å². The number of Topliss-reactive ketones (excluding diaryl/α,β-unsaturated/α-hetero) is 1. The zero-order chi connectivity index (χ0) is 15.0. The standard InChI is InChI=1S/C17H23NO2/c1-10(2)18-12(5)17(13(6)19)15-9-14(20-11(3)4)7-8-16(15)18/h7-11H,1-6H3. The lowest BCUT2D eigenvalue weighted by Crippen LogP contribution is -2.05. The minimum absolute atomic E-state index is 0.105. The highest BCUT2D eigenvalue weighted by molar-refractivity contribution is 6.08. The molecular formula is C17H23NO2. The van der Waals surface area contributed by atoms with Gasteiger partial charge >= 0.3 is 0 Å². The predicted octanol–water partition coefficient (Wildman–Crippen LogP) is 4.52. The van der Waals surface area contributed by atoms with Crippen molar-refractivity contribution in [3.63, 3.8) is 0 Å². The summed E-state index contributed by atoms with van der Waals surface area (Å²) >= 11 is 0. The Labute approximate surface area is 120 Å². The summed E-state index contributed by atoms with van der Waals surface area (Å²) in [5.41, 5.74) is 2.94. The molecule has 0 bridgehead atoms. The van der Waals surface area contributed by atoms with Crippen molar-refractivity contribution in [2.24, 2.45) is 0 Å². The van der Waals surface area contributed by atoms with Gasteiger partial charge < -0.3 is 9.30 Å². The van der Waals surface area contributed by atoms with Crippen molar-refractivity contribution in [3.05, 3.63) is 29.5 Å². The minimum Gasteiger partial charge on any atom is -0.491 e. The molecule has 1 aromatic carbocycles. The normalized spacial score (nSPS) is 11.6. The molecule has 0 saturated carbocycles. The second-order valence-corrected chi connectivity index (χ2v) is 5.83. The summed E-state index contributed by atoms with van der Waals surface area (Å²) in [6, 6.07) is 6.33. The van der Waals surface area contributed by atoms with Gasteiger partial charge in [-0.3, -0.25) is 4.79 Å². The summed E-state index contributed by atoms with van der Waals surface area (Å²) in [6.07, 6.45) is 0.126. The molecule has 0 N–H and O–H groups in total. The molecule has 0 unspecified atom stereocenters. The molecule has 0 fully saturated rings. The quantitative estimate of drug-likeness (QED) is 0.767. The van der Waals surface area contributed by atoms with E-state index in [1.165, 1.54) is 0 Å². The second kappa shape index (κ2) is 5.31. The van der Waals surface area contributed by atoms with E-state index in [1.54, 1.807) is 6.92 Å². The molecule has 3 nitrogen and oxygen atoms in total. The van der Waals surface area contributed by atoms with Gasteiger partial charge in [0.1, 0.15) is 5.75 Å². The Morgan fingerprint density at radius 1 is 1.20 bits per heavy atom. The van der Waals surface area contributed by atoms with E-state index in [9.17, 15) is 4.79 Å². The largest absolute Gasteiger partial charge is 0.491 e. The fraction of sp³-hybridized carbons (Fsp3) is 0.471. The van der Waals surface area contributed by atoms with Gasteiger partial charge in [0.2, 0.25) is 0 Å². The Morgan fingerprint density at radius 3 is 2.35 bits per heavy atom. The van der Waals surface area contributed by atoms with Crippen LogP contribution in [0.4, 0.5) is 0 Å². The maximum atomic E-state index is 12.0. The Bertz CT molecular complexity index is 651. The van der Waals surface area contributed by atoms with Crippen molar-refractivity contribution in [2.45, 2.75) is 53.7 Å². The van der Waals surface area contributed by atoms with Crippen molar-refractivity contribution < 1.29 is 9.53 Å². The van der Waals surface area contributed by atoms with Crippen LogP contribution in [0.2, 0.25) is 0 Å². The van der Waals surface area contributed by atoms with Gasteiger partial charge in [-0.2, -0.15) is 0 Å². The van der Waals surface area contributed by atoms with E-state index in [-0.39, 0.29) is 11.9 Å². The van der Waals surface area contributed by atoms with Gasteiger partial charge in [0, 0.05) is 28.2 Å². The van der Waals surface area contributed by atoms with Gasteiger partial charge in [0.05, 0.1) is 6.10 Å². The van der Waals surface area contributed by atoms with Crippen molar-refractivity contribution in [1.82, 2.24) is 4.57 Å². The van der Waals surface area contributed by atoms with Crippen LogP contribution >= 0.6 is 0 Å². The number of hydrogen-bond donors (Lipinski definition) is 0. The Morgan fingerprint density at radius 2 is 1.85 bits per heavy atom. The number of benzene rings is 1. The molecule has 0 aliphatic heterocycles. The van der Waals surface area contributed by atoms with E-state index in [1.807, 2.05) is 39.0 Å². The number of hydrogen-bond acceptors (Lipinski definition) is 2. The molecule has 3 heteroatoms. The highest BCUT2D eigenvalue weighted by Gasteiger charge is 2.19. The number of carbonyl (C=O) groups excluding carboxylic acids is 1. The lowest BCUT2D eigenvalue weighted by atomic mass is 10.1. The Hall–Kier alpha value is -1.77. The summed E-state index contributed by atoms with van der Waals surface area (Å²) in [4.78, 5) is 12.0. The average Bonchev–Trinajstić information content (AvgIpc) is 2.59. The van der Waals surface area contributed by atoms with Gasteiger partial charge in [-0.05, 0) is 59.7 Å². The summed E-state index contributed by atoms with van der Waals surface area (Å²) in [7, 11) is 0. The third-order valence-electron chi connectivity index (χ3n) is 3.46. The first-order valence-corrected chi connectivity index (χ1v) is 7.15. The Balaban J connectivity index is 2.73. The number of rotatable bonds is 4. The topological polar surface area (TPSA) is 31.2 Å². The van der Waals surface area contributed by atoms with Crippen LogP contribution in [0.1, 0.15) is 56.7 Å². The van der Waals surface area contributed by atoms with E-state index >= 15 is 0 Å². The molecule has 0 spiro atoms. The molecule has 0 saturated heterocycles. The maximum Gasteiger partial charge on any atom is 0.162 e. The monoisotopic (exact) mass is 273 g/mol. The van der Waals surface area contributed by atoms with E-state index in [4.69, 9.17) is 4.74 Å². The van der Waals surface area contributed by atoms with Crippen LogP contribution < -0.4 is 4.74 Å². The average molecular weight is 273 g/mol. The van der Waals surface area contributed by atoms with Crippen LogP contribution in [0, 0.1) is 6.92 Å². The third kappa shape index (κ3) is 2.45. The van der Waals surface area contributed by atoms with Crippen LogP contribution in [0.3, 0.4) is 0 Å². The van der Waals surface area contributed by atoms with E-state index in [0.29, 0.717) is 6.04 Å². The highest BCUT2D eigenvalue weighted by atomic mass is 16.5. The van der Waals surface area contributed by atoms with E-state index in [2.05, 4.69) is 18.4 Å². The number of carbonyl (C=O) groups is 1. The molecule has 108 valence electrons. The maximum absolute atomic E-state index is 12.0. The molecule has 20 heavy (non-hydrogen) atoms. The summed E-state index contributed by atoms with van der Waals surface area (Å²) in [5, 5.41) is 0.988. The van der Waals surface area contributed by atoms with Gasteiger partial charge in [-0.15, -0.1) is 0 Å². The van der Waals surface area contributed by atoms with Crippen LogP contribution in [-0.4, -0.2) is 16.5 Å². The number of aromatic nitrogens is 1. The highest BCUT2D eigenvalue weighted by Crippen LogP contribution is 2.32. The zero-order valence-electron chi connectivity index (χ0n) is 13.2. The molecule has 0 aliphatic rings. The molecular weight excluding hydrogens is 250 g/mol. The molecule has 0 amide bonds. The van der Waals surface area contributed by atoms with Crippen molar-refractivity contribution in [1.29, 1.82) is 0 Å². The van der Waals surface area contributed by atoms with Gasteiger partial charge in [-0.1, -0.05) is 0 Å². The molecule has 2 rings (SSSR count). The van der Waals surface area contributed by atoms with Crippen LogP contribution in [0.15, 0.2) is 18.2 Å². The third-order valence-corrected chi connectivity index (χ3v) is 3.46. The fourth-order valence-electron chi connectivity index (χ4n) is 2.88. The first-order valence-electron chi connectivity index (χ1n) is 7.15. The number of ether oxygens (including phenoxy) is 1. The van der Waals surface area contributed by atoms with Crippen LogP contribution in [-0.2, 0) is 0 Å². The summed E-state index contributed by atoms with van der Waals surface area (Å²) in [5.74, 6) is 0.921. The number of nitrogens with zero attached hydrogens (tertiary/aromatic N) is 1. The molecule has 0 atom stereocenters. The summed E-state index contributed by atoms with van der Waals surface area (Å²) in [6.45, 7) is 11.9. The van der Waals surface area contributed by atoms with E-state index < -0.39 is 0 Å². The van der Waals surface area contributed by atoms with Crippen LogP contribution in [0.5, 0.6) is 5.75 Å². The van der Waals surface area contributed by atoms with Crippen molar-refractivity contribution in [3.8, 4) is 5.75 Å². The summed E-state index contributed by atoms with van der Waals surface area (Å²) < 4.78 is 7.96. The first kappa shape index (κ1) is 14.6. The van der Waals surface area contributed by atoms with Crippen molar-refractivity contribution >= 4 is 16.7 Å². The Kier molecular flexibility index (Phi) is 3.89. The van der Waals surface area contributed by atoms with Crippen molar-refractivity contribution in [2.75, 3.05) is 0 Å². The van der Waals surface area contributed by atoms with Crippen LogP contribution in [0.25, 0.3) is 10.9 Å². The number of ketones is 1. The first-order chi connectivity index (χ1) is 9.32. The second-order valence-electron chi connectivity index (χ2n) is 5.83. The number of fused-ring (bicyclic) bond motifs is 1. The molecule has 1 heterocycles. The van der Waals surface area contributed by atoms with Gasteiger partial charge in [0.25, 0.3) is 0 Å². The molecule has 2 aromatic rings. The lowest BCUT2D eigenvalue weighted by Gasteiger charge is -2.13. The van der Waals surface area contributed by atoms with Gasteiger partial charge in [0.15, 0.2) is 5.78 Å². The SMILES string of the molecule is CC(=O)c1c(C)n(C(C)C)c2ccc(OC(C)C)cc12. The lowest BCUT2D eigenvalue weighted by molar-refractivity contribution is 0.101. The molecule has 0 aliphatic carbocycles.